The van der Waals surface area contributed by atoms with Gasteiger partial charge in [-0.2, -0.15) is 13.2 Å². The Morgan fingerprint density at radius 1 is 1.14 bits per heavy atom. The molecule has 0 spiro atoms. The van der Waals surface area contributed by atoms with Gasteiger partial charge in [-0.25, -0.2) is 4.79 Å². The van der Waals surface area contributed by atoms with Gasteiger partial charge < -0.3 is 19.7 Å². The highest BCUT2D eigenvalue weighted by molar-refractivity contribution is 6.34. The number of hydrogen-bond donors (Lipinski definition) is 2. The summed E-state index contributed by atoms with van der Waals surface area (Å²) in [6.07, 6.45) is -4.79. The van der Waals surface area contributed by atoms with Gasteiger partial charge in [0.05, 0.1) is 28.5 Å². The van der Waals surface area contributed by atoms with Gasteiger partial charge in [-0.1, -0.05) is 29.8 Å². The molecule has 1 fully saturated rings. The Balaban J connectivity index is 1.74. The second-order valence-electron chi connectivity index (χ2n) is 9.42. The Labute approximate surface area is 205 Å². The lowest BCUT2D eigenvalue weighted by atomic mass is 9.89. The predicted octanol–water partition coefficient (Wildman–Crippen LogP) is 6.18. The maximum Gasteiger partial charge on any atom is 0.471 e. The zero-order chi connectivity index (χ0) is 25.5. The molecule has 2 aromatic rings. The van der Waals surface area contributed by atoms with Crippen molar-refractivity contribution in [3.63, 3.8) is 0 Å². The lowest BCUT2D eigenvalue weighted by molar-refractivity contribution is -0.174. The van der Waals surface area contributed by atoms with Crippen molar-refractivity contribution in [3.05, 3.63) is 47.0 Å². The van der Waals surface area contributed by atoms with Gasteiger partial charge in [0.1, 0.15) is 11.4 Å². The van der Waals surface area contributed by atoms with Crippen LogP contribution in [0.1, 0.15) is 45.2 Å². The van der Waals surface area contributed by atoms with E-state index in [4.69, 9.17) is 21.1 Å². The Morgan fingerprint density at radius 2 is 1.86 bits per heavy atom. The Morgan fingerprint density at radius 3 is 2.54 bits per heavy atom. The van der Waals surface area contributed by atoms with Gasteiger partial charge in [0.2, 0.25) is 0 Å². The zero-order valence-electron chi connectivity index (χ0n) is 19.3. The van der Waals surface area contributed by atoms with Crippen LogP contribution in [-0.4, -0.2) is 36.4 Å². The number of piperidine rings is 1. The summed E-state index contributed by atoms with van der Waals surface area (Å²) >= 11 is 6.48. The maximum atomic E-state index is 13.0. The number of carbonyl (C=O) groups excluding carboxylic acids is 2. The fourth-order valence-electron chi connectivity index (χ4n) is 4.35. The summed E-state index contributed by atoms with van der Waals surface area (Å²) in [7, 11) is 0. The predicted molar refractivity (Wildman–Crippen MR) is 125 cm³/mol. The largest absolute Gasteiger partial charge is 0.471 e. The first-order valence-electron chi connectivity index (χ1n) is 11.1. The highest BCUT2D eigenvalue weighted by atomic mass is 35.5. The van der Waals surface area contributed by atoms with E-state index in [9.17, 15) is 22.8 Å². The first-order chi connectivity index (χ1) is 16.3. The average Bonchev–Trinajstić information content (AvgIpc) is 2.87. The van der Waals surface area contributed by atoms with Crippen molar-refractivity contribution in [1.82, 2.24) is 5.32 Å². The molecule has 0 aromatic heterocycles. The van der Waals surface area contributed by atoms with E-state index in [1.54, 1.807) is 57.2 Å². The van der Waals surface area contributed by atoms with Gasteiger partial charge in [-0.05, 0) is 45.7 Å². The van der Waals surface area contributed by atoms with E-state index in [0.29, 0.717) is 42.1 Å². The number of rotatable bonds is 2. The fourth-order valence-corrected chi connectivity index (χ4v) is 4.55. The van der Waals surface area contributed by atoms with E-state index in [0.717, 1.165) is 0 Å². The summed E-state index contributed by atoms with van der Waals surface area (Å²) < 4.78 is 50.6. The molecule has 4 rings (SSSR count). The van der Waals surface area contributed by atoms with Gasteiger partial charge >= 0.3 is 18.2 Å². The van der Waals surface area contributed by atoms with E-state index in [1.807, 2.05) is 4.90 Å². The van der Waals surface area contributed by atoms with Crippen molar-refractivity contribution < 1.29 is 32.2 Å². The minimum absolute atomic E-state index is 0.198. The molecule has 2 atom stereocenters. The zero-order valence-corrected chi connectivity index (χ0v) is 20.1. The second kappa shape index (κ2) is 9.14. The highest BCUT2D eigenvalue weighted by Crippen LogP contribution is 2.49. The number of carbonyl (C=O) groups is 2. The van der Waals surface area contributed by atoms with Gasteiger partial charge in [0.15, 0.2) is 5.75 Å². The maximum absolute atomic E-state index is 13.0. The molecular weight excluding hydrogens is 487 g/mol. The van der Waals surface area contributed by atoms with Crippen LogP contribution in [0, 0.1) is 0 Å². The lowest BCUT2D eigenvalue weighted by Crippen LogP contribution is -2.52. The number of hydrogen-bond acceptors (Lipinski definition) is 5. The summed E-state index contributed by atoms with van der Waals surface area (Å²) in [6, 6.07) is 8.69. The van der Waals surface area contributed by atoms with Crippen LogP contribution in [0.15, 0.2) is 36.4 Å². The quantitative estimate of drug-likeness (QED) is 0.503. The highest BCUT2D eigenvalue weighted by Gasteiger charge is 2.44. The number of nitrogens with zero attached hydrogens (tertiary/aromatic N) is 1. The monoisotopic (exact) mass is 511 g/mol. The van der Waals surface area contributed by atoms with Crippen molar-refractivity contribution in [3.8, 4) is 11.5 Å². The molecule has 2 aromatic carbocycles. The normalized spacial score (nSPS) is 19.3. The number of halogens is 4. The number of amides is 2. The van der Waals surface area contributed by atoms with E-state index in [1.165, 1.54) is 0 Å². The van der Waals surface area contributed by atoms with Crippen LogP contribution >= 0.6 is 11.6 Å². The van der Waals surface area contributed by atoms with Crippen molar-refractivity contribution >= 4 is 35.0 Å². The smallest absolute Gasteiger partial charge is 0.455 e. The van der Waals surface area contributed by atoms with Crippen molar-refractivity contribution in [2.24, 2.45) is 0 Å². The molecule has 188 valence electrons. The van der Waals surface area contributed by atoms with Crippen LogP contribution < -0.4 is 20.3 Å². The number of fused-ring (bicyclic) bond motifs is 5. The summed E-state index contributed by atoms with van der Waals surface area (Å²) in [5.41, 5.74) is 0.717. The number of alkyl halides is 3. The number of benzene rings is 2. The molecule has 2 amide bonds. The summed E-state index contributed by atoms with van der Waals surface area (Å²) in [6.45, 7) is 5.70. The number of nitrogens with one attached hydrogen (secondary N) is 2. The minimum atomic E-state index is -4.99. The van der Waals surface area contributed by atoms with E-state index in [2.05, 4.69) is 10.6 Å². The molecule has 1 saturated heterocycles. The molecule has 2 aliphatic heterocycles. The number of anilines is 2. The SMILES string of the molecule is CC(C)(C)OC(=O)Nc1cc2c(cc1Cl)N1CCCC(NC(=O)C(F)(F)F)C1c1ccccc1O2. The molecule has 11 heteroatoms. The first-order valence-corrected chi connectivity index (χ1v) is 11.5. The Bertz CT molecular complexity index is 1150. The van der Waals surface area contributed by atoms with Gasteiger partial charge in [0.25, 0.3) is 0 Å². The standard InChI is InChI=1S/C24H25ClF3N3O4/c1-23(2,3)35-22(33)30-16-12-19-17(11-14(16)25)31-10-6-8-15(29-21(32)24(26,27)28)20(31)13-7-4-5-9-18(13)34-19/h4-5,7,9,11-12,15,20H,6,8,10H2,1-3H3,(H,29,32)(H,30,33). The molecule has 0 aliphatic carbocycles. The van der Waals surface area contributed by atoms with Crippen LogP contribution in [0.4, 0.5) is 29.3 Å². The van der Waals surface area contributed by atoms with Gasteiger partial charge in [0, 0.05) is 18.2 Å². The molecule has 2 unspecified atom stereocenters. The first kappa shape index (κ1) is 25.0. The molecule has 2 heterocycles. The molecule has 0 radical (unpaired) electrons. The molecule has 2 N–H and O–H groups in total. The fraction of sp³-hybridized carbons (Fsp3) is 0.417. The Kier molecular flexibility index (Phi) is 6.52. The molecule has 2 aliphatic rings. The third kappa shape index (κ3) is 5.42. The summed E-state index contributed by atoms with van der Waals surface area (Å²) in [5, 5.41) is 4.97. The van der Waals surface area contributed by atoms with E-state index in [-0.39, 0.29) is 10.7 Å². The molecule has 0 saturated carbocycles. The molecule has 0 bridgehead atoms. The Hall–Kier alpha value is -3.14. The minimum Gasteiger partial charge on any atom is -0.455 e. The molecule has 7 nitrogen and oxygen atoms in total. The van der Waals surface area contributed by atoms with E-state index >= 15 is 0 Å². The van der Waals surface area contributed by atoms with Crippen molar-refractivity contribution in [2.75, 3.05) is 16.8 Å². The van der Waals surface area contributed by atoms with Crippen LogP contribution in [-0.2, 0) is 9.53 Å². The second-order valence-corrected chi connectivity index (χ2v) is 9.83. The van der Waals surface area contributed by atoms with Crippen molar-refractivity contribution in [1.29, 1.82) is 0 Å². The van der Waals surface area contributed by atoms with Crippen molar-refractivity contribution in [2.45, 2.75) is 57.5 Å². The summed E-state index contributed by atoms with van der Waals surface area (Å²) in [5.74, 6) is -1.19. The van der Waals surface area contributed by atoms with E-state index < -0.39 is 35.9 Å². The lowest BCUT2D eigenvalue weighted by Gasteiger charge is -2.42. The number of ether oxygens (including phenoxy) is 2. The van der Waals surface area contributed by atoms with Crippen LogP contribution in [0.3, 0.4) is 0 Å². The van der Waals surface area contributed by atoms with Crippen LogP contribution in [0.2, 0.25) is 5.02 Å². The number of para-hydroxylation sites is 1. The molecule has 35 heavy (non-hydrogen) atoms. The topological polar surface area (TPSA) is 79.9 Å². The molecular formula is C24H25ClF3N3O4. The van der Waals surface area contributed by atoms with Gasteiger partial charge in [-0.3, -0.25) is 10.1 Å². The van der Waals surface area contributed by atoms with Crippen LogP contribution in [0.25, 0.3) is 0 Å². The summed E-state index contributed by atoms with van der Waals surface area (Å²) in [4.78, 5) is 26.0. The third-order valence-electron chi connectivity index (χ3n) is 5.66. The average molecular weight is 512 g/mol. The third-order valence-corrected chi connectivity index (χ3v) is 5.97. The van der Waals surface area contributed by atoms with Crippen LogP contribution in [0.5, 0.6) is 11.5 Å². The van der Waals surface area contributed by atoms with Gasteiger partial charge in [-0.15, -0.1) is 0 Å².